The van der Waals surface area contributed by atoms with Crippen LogP contribution >= 0.6 is 0 Å². The summed E-state index contributed by atoms with van der Waals surface area (Å²) in [5.74, 6) is 0.402. The largest absolute Gasteiger partial charge is 0.490 e. The lowest BCUT2D eigenvalue weighted by atomic mass is 9.81. The Labute approximate surface area is 236 Å². The van der Waals surface area contributed by atoms with Gasteiger partial charge in [-0.3, -0.25) is 4.90 Å². The van der Waals surface area contributed by atoms with Gasteiger partial charge in [0.1, 0.15) is 18.5 Å². The van der Waals surface area contributed by atoms with Crippen molar-refractivity contribution < 1.29 is 19.4 Å². The van der Waals surface area contributed by atoms with Gasteiger partial charge in [-0.05, 0) is 61.2 Å². The van der Waals surface area contributed by atoms with Crippen LogP contribution in [0.5, 0.6) is 5.75 Å². The number of likely N-dealkylation sites (N-methyl/N-ethyl adjacent to an activating group) is 1. The van der Waals surface area contributed by atoms with E-state index in [1.807, 2.05) is 30.3 Å². The summed E-state index contributed by atoms with van der Waals surface area (Å²) >= 11 is 0. The van der Waals surface area contributed by atoms with E-state index in [4.69, 9.17) is 9.47 Å². The second-order valence-electron chi connectivity index (χ2n) is 11.3. The number of carboxylic acid groups (broad SMARTS) is 1. The SMILES string of the molecule is CN(CCO[C@@H]1COc2ccccc2-c2c(C3CCCCC3)c3ccc(C(=O)O)cc3n2C1)Cc1ccccc1. The van der Waals surface area contributed by atoms with E-state index < -0.39 is 5.97 Å². The molecule has 1 aliphatic heterocycles. The molecule has 208 valence electrons. The number of rotatable bonds is 8. The predicted molar refractivity (Wildman–Crippen MR) is 158 cm³/mol. The predicted octanol–water partition coefficient (Wildman–Crippen LogP) is 6.96. The van der Waals surface area contributed by atoms with Crippen molar-refractivity contribution in [2.24, 2.45) is 0 Å². The monoisotopic (exact) mass is 538 g/mol. The minimum absolute atomic E-state index is 0.166. The molecule has 6 nitrogen and oxygen atoms in total. The highest BCUT2D eigenvalue weighted by atomic mass is 16.5. The van der Waals surface area contributed by atoms with Crippen molar-refractivity contribution in [2.45, 2.75) is 57.2 Å². The molecule has 0 amide bonds. The highest BCUT2D eigenvalue weighted by molar-refractivity contribution is 5.98. The van der Waals surface area contributed by atoms with Crippen molar-refractivity contribution in [1.82, 2.24) is 9.47 Å². The number of ether oxygens (including phenoxy) is 2. The third-order valence-corrected chi connectivity index (χ3v) is 8.44. The van der Waals surface area contributed by atoms with Crippen LogP contribution in [-0.2, 0) is 17.8 Å². The van der Waals surface area contributed by atoms with E-state index in [-0.39, 0.29) is 6.10 Å². The van der Waals surface area contributed by atoms with Gasteiger partial charge in [0.15, 0.2) is 0 Å². The first-order valence-corrected chi connectivity index (χ1v) is 14.5. The second kappa shape index (κ2) is 11.9. The van der Waals surface area contributed by atoms with Crippen LogP contribution in [0.15, 0.2) is 72.8 Å². The molecule has 6 rings (SSSR count). The van der Waals surface area contributed by atoms with Gasteiger partial charge in [0.25, 0.3) is 0 Å². The summed E-state index contributed by atoms with van der Waals surface area (Å²) in [6, 6.07) is 24.4. The maximum absolute atomic E-state index is 12.0. The van der Waals surface area contributed by atoms with Crippen molar-refractivity contribution >= 4 is 16.9 Å². The van der Waals surface area contributed by atoms with Crippen LogP contribution in [-0.4, -0.2) is 53.5 Å². The third-order valence-electron chi connectivity index (χ3n) is 8.44. The van der Waals surface area contributed by atoms with Gasteiger partial charge in [0, 0.05) is 29.6 Å². The van der Waals surface area contributed by atoms with Crippen LogP contribution in [0.4, 0.5) is 0 Å². The first kappa shape index (κ1) is 26.6. The molecular weight excluding hydrogens is 500 g/mol. The van der Waals surface area contributed by atoms with Gasteiger partial charge < -0.3 is 19.1 Å². The number of carboxylic acids is 1. The molecule has 0 radical (unpaired) electrons. The number of nitrogens with zero attached hydrogens (tertiary/aromatic N) is 2. The van der Waals surface area contributed by atoms with Gasteiger partial charge in [-0.15, -0.1) is 0 Å². The summed E-state index contributed by atoms with van der Waals surface area (Å²) in [5, 5.41) is 11.0. The zero-order valence-electron chi connectivity index (χ0n) is 23.2. The van der Waals surface area contributed by atoms with Crippen LogP contribution in [0.1, 0.15) is 59.5 Å². The van der Waals surface area contributed by atoms with Crippen LogP contribution in [0, 0.1) is 0 Å². The molecule has 4 aromatic rings. The van der Waals surface area contributed by atoms with Crippen molar-refractivity contribution in [3.63, 3.8) is 0 Å². The van der Waals surface area contributed by atoms with Gasteiger partial charge in [0.05, 0.1) is 24.4 Å². The third kappa shape index (κ3) is 5.51. The molecule has 6 heteroatoms. The van der Waals surface area contributed by atoms with Gasteiger partial charge in [-0.25, -0.2) is 4.79 Å². The number of benzene rings is 3. The van der Waals surface area contributed by atoms with E-state index in [0.29, 0.717) is 31.2 Å². The van der Waals surface area contributed by atoms with Gasteiger partial charge in [-0.1, -0.05) is 67.8 Å². The lowest BCUT2D eigenvalue weighted by Gasteiger charge is -2.28. The highest BCUT2D eigenvalue weighted by Crippen LogP contribution is 2.47. The maximum atomic E-state index is 12.0. The zero-order chi connectivity index (χ0) is 27.5. The van der Waals surface area contributed by atoms with Crippen LogP contribution < -0.4 is 4.74 Å². The smallest absolute Gasteiger partial charge is 0.335 e. The molecule has 1 aliphatic carbocycles. The Balaban J connectivity index is 1.35. The molecule has 0 unspecified atom stereocenters. The summed E-state index contributed by atoms with van der Waals surface area (Å²) in [6.45, 7) is 3.31. The zero-order valence-corrected chi connectivity index (χ0v) is 23.2. The van der Waals surface area contributed by atoms with E-state index in [1.54, 1.807) is 6.07 Å². The summed E-state index contributed by atoms with van der Waals surface area (Å²) in [6.07, 6.45) is 5.88. The topological polar surface area (TPSA) is 63.9 Å². The summed E-state index contributed by atoms with van der Waals surface area (Å²) in [5.41, 5.74) is 6.15. The average molecular weight is 539 g/mol. The maximum Gasteiger partial charge on any atom is 0.335 e. The molecule has 3 aromatic carbocycles. The van der Waals surface area contributed by atoms with E-state index in [1.165, 1.54) is 30.4 Å². The van der Waals surface area contributed by atoms with E-state index in [2.05, 4.69) is 52.9 Å². The lowest BCUT2D eigenvalue weighted by molar-refractivity contribution is 0.00173. The number of hydrogen-bond acceptors (Lipinski definition) is 4. The Morgan fingerprint density at radius 1 is 1.02 bits per heavy atom. The Bertz CT molecular complexity index is 1470. The summed E-state index contributed by atoms with van der Waals surface area (Å²) in [4.78, 5) is 14.3. The number of carbonyl (C=O) groups is 1. The fraction of sp³-hybridized carbons (Fsp3) is 0.382. The quantitative estimate of drug-likeness (QED) is 0.263. The molecule has 2 heterocycles. The number of para-hydroxylation sites is 1. The van der Waals surface area contributed by atoms with E-state index in [9.17, 15) is 9.90 Å². The lowest BCUT2D eigenvalue weighted by Crippen LogP contribution is -2.32. The normalized spacial score (nSPS) is 17.6. The van der Waals surface area contributed by atoms with Crippen LogP contribution in [0.3, 0.4) is 0 Å². The van der Waals surface area contributed by atoms with Gasteiger partial charge in [-0.2, -0.15) is 0 Å². The number of aromatic carboxylic acids is 1. The van der Waals surface area contributed by atoms with Crippen molar-refractivity contribution in [1.29, 1.82) is 0 Å². The molecule has 0 bridgehead atoms. The molecule has 1 aromatic heterocycles. The van der Waals surface area contributed by atoms with Crippen molar-refractivity contribution in [2.75, 3.05) is 26.8 Å². The minimum atomic E-state index is -0.902. The molecule has 40 heavy (non-hydrogen) atoms. The minimum Gasteiger partial charge on any atom is -0.490 e. The Morgan fingerprint density at radius 2 is 1.80 bits per heavy atom. The molecule has 0 saturated heterocycles. The van der Waals surface area contributed by atoms with Crippen molar-refractivity contribution in [3.05, 3.63) is 89.5 Å². The first-order chi connectivity index (χ1) is 19.6. The summed E-state index contributed by atoms with van der Waals surface area (Å²) < 4.78 is 15.2. The van der Waals surface area contributed by atoms with Crippen LogP contribution in [0.25, 0.3) is 22.2 Å². The number of hydrogen-bond donors (Lipinski definition) is 1. The Morgan fingerprint density at radius 3 is 2.60 bits per heavy atom. The molecule has 1 atom stereocenters. The van der Waals surface area contributed by atoms with Crippen molar-refractivity contribution in [3.8, 4) is 17.0 Å². The molecule has 1 saturated carbocycles. The second-order valence-corrected chi connectivity index (χ2v) is 11.3. The Hall–Kier alpha value is -3.61. The van der Waals surface area contributed by atoms with E-state index >= 15 is 0 Å². The fourth-order valence-electron chi connectivity index (χ4n) is 6.47. The molecular formula is C34H38N2O4. The standard InChI is InChI=1S/C34H38N2O4/c1-35(21-24-10-4-2-5-11-24)18-19-39-27-22-36-30-20-26(34(37)38)16-17-28(30)32(25-12-6-3-7-13-25)33(36)29-14-8-9-15-31(29)40-23-27/h2,4-5,8-11,14-17,20,25,27H,3,6-7,12-13,18-19,21-23H2,1H3,(H,37,38)/t27-/m0/s1. The highest BCUT2D eigenvalue weighted by Gasteiger charge is 2.31. The van der Waals surface area contributed by atoms with E-state index in [0.717, 1.165) is 53.8 Å². The van der Waals surface area contributed by atoms with Gasteiger partial charge in [0.2, 0.25) is 0 Å². The molecule has 1 N–H and O–H groups in total. The fourth-order valence-corrected chi connectivity index (χ4v) is 6.47. The molecule has 0 spiro atoms. The molecule has 2 aliphatic rings. The molecule has 1 fully saturated rings. The number of fused-ring (bicyclic) bond motifs is 5. The Kier molecular flexibility index (Phi) is 7.89. The summed E-state index contributed by atoms with van der Waals surface area (Å²) in [7, 11) is 2.11. The average Bonchev–Trinajstić information content (AvgIpc) is 3.28. The number of aromatic nitrogens is 1. The van der Waals surface area contributed by atoms with Gasteiger partial charge >= 0.3 is 5.97 Å². The first-order valence-electron chi connectivity index (χ1n) is 14.5. The van der Waals surface area contributed by atoms with Crippen LogP contribution in [0.2, 0.25) is 0 Å².